The molecule has 2 nitrogen and oxygen atoms in total. The summed E-state index contributed by atoms with van der Waals surface area (Å²) in [4.78, 5) is 0. The van der Waals surface area contributed by atoms with E-state index in [4.69, 9.17) is 0 Å². The first-order valence-corrected chi connectivity index (χ1v) is 5.22. The average Bonchev–Trinajstić information content (AvgIpc) is 1.82. The highest BCUT2D eigenvalue weighted by Gasteiger charge is 2.16. The fourth-order valence-corrected chi connectivity index (χ4v) is 1.29. The molecule has 0 bridgehead atoms. The number of hydrogen-bond donors (Lipinski definition) is 2. The quantitative estimate of drug-likeness (QED) is 0.686. The number of hydrogen-bond acceptors (Lipinski definition) is 2. The second kappa shape index (κ2) is 4.97. The molecule has 0 unspecified atom stereocenters. The van der Waals surface area contributed by atoms with Crippen molar-refractivity contribution in [3.8, 4) is 0 Å². The van der Waals surface area contributed by atoms with Crippen molar-refractivity contribution in [1.82, 2.24) is 10.6 Å². The Hall–Kier alpha value is -0.0800. The zero-order valence-corrected chi connectivity index (χ0v) is 10.1. The van der Waals surface area contributed by atoms with Crippen molar-refractivity contribution in [3.05, 3.63) is 0 Å². The average molecular weight is 186 g/mol. The minimum atomic E-state index is 0.208. The third-order valence-electron chi connectivity index (χ3n) is 1.88. The van der Waals surface area contributed by atoms with Gasteiger partial charge in [0, 0.05) is 18.6 Å². The highest BCUT2D eigenvalue weighted by atomic mass is 15.0. The molecule has 0 aliphatic rings. The molecule has 0 saturated heterocycles. The standard InChI is InChI=1S/C11H26N2/c1-7-13-11(5,6)9-12-8-10(2,3)4/h12-13H,7-9H2,1-6H3. The van der Waals surface area contributed by atoms with Gasteiger partial charge in [-0.15, -0.1) is 0 Å². The van der Waals surface area contributed by atoms with E-state index in [2.05, 4.69) is 52.2 Å². The predicted octanol–water partition coefficient (Wildman–Crippen LogP) is 2.01. The van der Waals surface area contributed by atoms with Crippen LogP contribution in [-0.4, -0.2) is 25.2 Å². The third kappa shape index (κ3) is 8.26. The number of rotatable bonds is 5. The fraction of sp³-hybridized carbons (Fsp3) is 1.00. The van der Waals surface area contributed by atoms with Crippen molar-refractivity contribution >= 4 is 0 Å². The summed E-state index contributed by atoms with van der Waals surface area (Å²) in [6, 6.07) is 0. The molecule has 0 aliphatic carbocycles. The molecule has 0 aliphatic heterocycles. The molecule has 0 radical (unpaired) electrons. The van der Waals surface area contributed by atoms with Crippen LogP contribution in [0, 0.1) is 5.41 Å². The molecule has 2 N–H and O–H groups in total. The molecular formula is C11H26N2. The molecule has 0 heterocycles. The Labute approximate surface area is 83.5 Å². The van der Waals surface area contributed by atoms with Gasteiger partial charge in [0.25, 0.3) is 0 Å². The number of nitrogens with one attached hydrogen (secondary N) is 2. The van der Waals surface area contributed by atoms with Gasteiger partial charge in [-0.2, -0.15) is 0 Å². The van der Waals surface area contributed by atoms with Gasteiger partial charge < -0.3 is 10.6 Å². The predicted molar refractivity (Wildman–Crippen MR) is 60.1 cm³/mol. The lowest BCUT2D eigenvalue weighted by Crippen LogP contribution is -2.48. The first-order valence-electron chi connectivity index (χ1n) is 5.22. The summed E-state index contributed by atoms with van der Waals surface area (Å²) < 4.78 is 0. The van der Waals surface area contributed by atoms with Crippen LogP contribution in [0.4, 0.5) is 0 Å². The SMILES string of the molecule is CCNC(C)(C)CNCC(C)(C)C. The summed E-state index contributed by atoms with van der Waals surface area (Å²) in [6.07, 6.45) is 0. The second-order valence-electron chi connectivity index (χ2n) is 5.58. The topological polar surface area (TPSA) is 24.1 Å². The van der Waals surface area contributed by atoms with E-state index in [0.29, 0.717) is 5.41 Å². The van der Waals surface area contributed by atoms with Crippen molar-refractivity contribution in [2.45, 2.75) is 47.1 Å². The van der Waals surface area contributed by atoms with Gasteiger partial charge in [-0.3, -0.25) is 0 Å². The highest BCUT2D eigenvalue weighted by molar-refractivity contribution is 4.80. The Balaban J connectivity index is 3.63. The molecule has 0 atom stereocenters. The van der Waals surface area contributed by atoms with Gasteiger partial charge >= 0.3 is 0 Å². The molecule has 80 valence electrons. The van der Waals surface area contributed by atoms with Gasteiger partial charge in [0.1, 0.15) is 0 Å². The van der Waals surface area contributed by atoms with Crippen LogP contribution in [0.25, 0.3) is 0 Å². The Morgan fingerprint density at radius 1 is 0.923 bits per heavy atom. The molecule has 2 heteroatoms. The van der Waals surface area contributed by atoms with E-state index in [9.17, 15) is 0 Å². The summed E-state index contributed by atoms with van der Waals surface area (Å²) in [5.41, 5.74) is 0.586. The minimum absolute atomic E-state index is 0.208. The lowest BCUT2D eigenvalue weighted by Gasteiger charge is -2.28. The van der Waals surface area contributed by atoms with Gasteiger partial charge in [0.15, 0.2) is 0 Å². The Morgan fingerprint density at radius 2 is 1.46 bits per heavy atom. The van der Waals surface area contributed by atoms with E-state index >= 15 is 0 Å². The minimum Gasteiger partial charge on any atom is -0.314 e. The molecule has 0 rings (SSSR count). The molecule has 0 aromatic heterocycles. The molecule has 0 aromatic carbocycles. The molecule has 0 amide bonds. The summed E-state index contributed by atoms with van der Waals surface area (Å²) in [5.74, 6) is 0. The lowest BCUT2D eigenvalue weighted by molar-refractivity contribution is 0.324. The van der Waals surface area contributed by atoms with E-state index in [1.54, 1.807) is 0 Å². The number of likely N-dealkylation sites (N-methyl/N-ethyl adjacent to an activating group) is 1. The molecular weight excluding hydrogens is 160 g/mol. The fourth-order valence-electron chi connectivity index (χ4n) is 1.29. The molecule has 0 aromatic rings. The summed E-state index contributed by atoms with van der Waals surface area (Å²) in [7, 11) is 0. The van der Waals surface area contributed by atoms with Crippen LogP contribution < -0.4 is 10.6 Å². The van der Waals surface area contributed by atoms with Gasteiger partial charge in [-0.1, -0.05) is 27.7 Å². The first-order chi connectivity index (χ1) is 5.77. The van der Waals surface area contributed by atoms with Gasteiger partial charge in [-0.25, -0.2) is 0 Å². The van der Waals surface area contributed by atoms with Gasteiger partial charge in [-0.05, 0) is 25.8 Å². The van der Waals surface area contributed by atoms with E-state index < -0.39 is 0 Å². The lowest BCUT2D eigenvalue weighted by atomic mass is 9.96. The van der Waals surface area contributed by atoms with Gasteiger partial charge in [0.05, 0.1) is 0 Å². The maximum atomic E-state index is 3.49. The van der Waals surface area contributed by atoms with E-state index in [1.165, 1.54) is 0 Å². The van der Waals surface area contributed by atoms with Crippen molar-refractivity contribution in [1.29, 1.82) is 0 Å². The molecule has 0 fully saturated rings. The summed E-state index contributed by atoms with van der Waals surface area (Å²) >= 11 is 0. The highest BCUT2D eigenvalue weighted by Crippen LogP contribution is 2.10. The van der Waals surface area contributed by atoms with E-state index in [0.717, 1.165) is 19.6 Å². The molecule has 0 spiro atoms. The zero-order valence-electron chi connectivity index (χ0n) is 10.1. The maximum Gasteiger partial charge on any atom is 0.0249 e. The Bertz CT molecular complexity index is 134. The second-order valence-corrected chi connectivity index (χ2v) is 5.58. The van der Waals surface area contributed by atoms with Crippen LogP contribution in [0.3, 0.4) is 0 Å². The zero-order chi connectivity index (χ0) is 10.5. The molecule has 13 heavy (non-hydrogen) atoms. The van der Waals surface area contributed by atoms with E-state index in [-0.39, 0.29) is 5.54 Å². The summed E-state index contributed by atoms with van der Waals surface area (Å²) in [6.45, 7) is 16.5. The smallest absolute Gasteiger partial charge is 0.0249 e. The van der Waals surface area contributed by atoms with Crippen molar-refractivity contribution in [3.63, 3.8) is 0 Å². The molecule has 0 saturated carbocycles. The van der Waals surface area contributed by atoms with Crippen molar-refractivity contribution < 1.29 is 0 Å². The summed E-state index contributed by atoms with van der Waals surface area (Å²) in [5, 5.41) is 6.93. The maximum absolute atomic E-state index is 3.49. The Morgan fingerprint density at radius 3 is 1.85 bits per heavy atom. The van der Waals surface area contributed by atoms with Crippen LogP contribution in [0.1, 0.15) is 41.5 Å². The van der Waals surface area contributed by atoms with Gasteiger partial charge in [0.2, 0.25) is 0 Å². The normalized spacial score (nSPS) is 13.4. The largest absolute Gasteiger partial charge is 0.314 e. The monoisotopic (exact) mass is 186 g/mol. The van der Waals surface area contributed by atoms with E-state index in [1.807, 2.05) is 0 Å². The first kappa shape index (κ1) is 12.9. The van der Waals surface area contributed by atoms with Crippen LogP contribution in [-0.2, 0) is 0 Å². The third-order valence-corrected chi connectivity index (χ3v) is 1.88. The van der Waals surface area contributed by atoms with Crippen LogP contribution in [0.15, 0.2) is 0 Å². The van der Waals surface area contributed by atoms with Crippen LogP contribution in [0.2, 0.25) is 0 Å². The Kier molecular flexibility index (Phi) is 4.93. The van der Waals surface area contributed by atoms with Crippen molar-refractivity contribution in [2.24, 2.45) is 5.41 Å². The van der Waals surface area contributed by atoms with Crippen molar-refractivity contribution in [2.75, 3.05) is 19.6 Å². The van der Waals surface area contributed by atoms with Crippen LogP contribution >= 0.6 is 0 Å². The van der Waals surface area contributed by atoms with Crippen LogP contribution in [0.5, 0.6) is 0 Å².